The molecule has 1 atom stereocenters. The van der Waals surface area contributed by atoms with Crippen LogP contribution in [0.15, 0.2) is 78.0 Å². The molecule has 0 bridgehead atoms. The van der Waals surface area contributed by atoms with E-state index in [-0.39, 0.29) is 11.4 Å². The molecule has 0 fully saturated rings. The van der Waals surface area contributed by atoms with Crippen molar-refractivity contribution in [2.24, 2.45) is 0 Å². The van der Waals surface area contributed by atoms with Crippen LogP contribution in [0.2, 0.25) is 0 Å². The van der Waals surface area contributed by atoms with Gasteiger partial charge in [0.15, 0.2) is 17.4 Å². The summed E-state index contributed by atoms with van der Waals surface area (Å²) in [5.41, 5.74) is 7.74. The van der Waals surface area contributed by atoms with E-state index in [9.17, 15) is 14.3 Å². The standard InChI is InChI=1S/C24H20FN7O2/c1-14(29-22-20(21(26)27-13-28-22)15-9-10-19(33)17(25)12-15)23-30-31-11-5-8-18(31)24(34)32(23)16-6-3-2-4-7-16/h2-14,33H,1H3,(H3,26,27,28,29)/t14-/m0/s1. The van der Waals surface area contributed by atoms with Gasteiger partial charge in [0.05, 0.1) is 17.3 Å². The van der Waals surface area contributed by atoms with Crippen LogP contribution in [0.1, 0.15) is 18.8 Å². The number of aromatic hydroxyl groups is 1. The van der Waals surface area contributed by atoms with Gasteiger partial charge in [0.2, 0.25) is 0 Å². The second-order valence-electron chi connectivity index (χ2n) is 7.69. The summed E-state index contributed by atoms with van der Waals surface area (Å²) >= 11 is 0. The molecule has 0 aliphatic heterocycles. The SMILES string of the molecule is C[C@H](Nc1ncnc(N)c1-c1ccc(O)c(F)c1)c1nn2cccc2c(=O)n1-c1ccccc1. The first-order chi connectivity index (χ1) is 16.4. The second kappa shape index (κ2) is 8.32. The lowest BCUT2D eigenvalue weighted by Crippen LogP contribution is -2.29. The largest absolute Gasteiger partial charge is 0.505 e. The minimum absolute atomic E-state index is 0.129. The summed E-state index contributed by atoms with van der Waals surface area (Å²) in [4.78, 5) is 21.7. The predicted molar refractivity (Wildman–Crippen MR) is 126 cm³/mol. The molecule has 9 nitrogen and oxygen atoms in total. The molecule has 0 saturated heterocycles. The molecule has 3 aromatic heterocycles. The highest BCUT2D eigenvalue weighted by Crippen LogP contribution is 2.34. The number of anilines is 2. The van der Waals surface area contributed by atoms with E-state index in [0.717, 1.165) is 6.07 Å². The quantitative estimate of drug-likeness (QED) is 0.369. The Balaban J connectivity index is 1.63. The van der Waals surface area contributed by atoms with Gasteiger partial charge >= 0.3 is 0 Å². The van der Waals surface area contributed by atoms with E-state index in [2.05, 4.69) is 20.4 Å². The Labute approximate surface area is 193 Å². The molecule has 0 unspecified atom stereocenters. The minimum Gasteiger partial charge on any atom is -0.505 e. The van der Waals surface area contributed by atoms with Crippen molar-refractivity contribution in [3.63, 3.8) is 0 Å². The number of hydrogen-bond acceptors (Lipinski definition) is 7. The molecule has 0 saturated carbocycles. The van der Waals surface area contributed by atoms with Crippen LogP contribution >= 0.6 is 0 Å². The summed E-state index contributed by atoms with van der Waals surface area (Å²) in [6.45, 7) is 1.83. The van der Waals surface area contributed by atoms with Gasteiger partial charge in [0.1, 0.15) is 23.5 Å². The van der Waals surface area contributed by atoms with Gasteiger partial charge in [-0.3, -0.25) is 9.36 Å². The number of nitrogens with two attached hydrogens (primary N) is 1. The van der Waals surface area contributed by atoms with Crippen molar-refractivity contribution in [3.05, 3.63) is 95.2 Å². The summed E-state index contributed by atoms with van der Waals surface area (Å²) in [6, 6.07) is 16.1. The van der Waals surface area contributed by atoms with Gasteiger partial charge in [-0.15, -0.1) is 0 Å². The van der Waals surface area contributed by atoms with E-state index in [1.807, 2.05) is 37.3 Å². The Bertz CT molecular complexity index is 1560. The molecule has 0 amide bonds. The fraction of sp³-hybridized carbons (Fsp3) is 0.0833. The van der Waals surface area contributed by atoms with Crippen molar-refractivity contribution in [3.8, 4) is 22.6 Å². The third-order valence-electron chi connectivity index (χ3n) is 5.46. The van der Waals surface area contributed by atoms with E-state index in [1.54, 1.807) is 18.3 Å². The Morgan fingerprint density at radius 3 is 2.65 bits per heavy atom. The average Bonchev–Trinajstić information content (AvgIpc) is 3.31. The highest BCUT2D eigenvalue weighted by molar-refractivity contribution is 5.83. The summed E-state index contributed by atoms with van der Waals surface area (Å²) in [6.07, 6.45) is 2.99. The first-order valence-corrected chi connectivity index (χ1v) is 10.5. The van der Waals surface area contributed by atoms with Gasteiger partial charge in [0.25, 0.3) is 5.56 Å². The molecule has 2 aromatic carbocycles. The third kappa shape index (κ3) is 3.60. The fourth-order valence-electron chi connectivity index (χ4n) is 3.83. The maximum atomic E-state index is 14.1. The van der Waals surface area contributed by atoms with Gasteiger partial charge in [-0.1, -0.05) is 24.3 Å². The normalized spacial score (nSPS) is 12.1. The molecular formula is C24H20FN7O2. The van der Waals surface area contributed by atoms with Gasteiger partial charge in [-0.05, 0) is 48.9 Å². The lowest BCUT2D eigenvalue weighted by atomic mass is 10.1. The number of phenols is 1. The van der Waals surface area contributed by atoms with Crippen LogP contribution in [0.25, 0.3) is 22.3 Å². The second-order valence-corrected chi connectivity index (χ2v) is 7.69. The number of aromatic nitrogens is 5. The monoisotopic (exact) mass is 457 g/mol. The maximum absolute atomic E-state index is 14.1. The molecule has 170 valence electrons. The topological polar surface area (TPSA) is 123 Å². The van der Waals surface area contributed by atoms with E-state index in [0.29, 0.717) is 34.0 Å². The van der Waals surface area contributed by atoms with Crippen LogP contribution in [0.3, 0.4) is 0 Å². The van der Waals surface area contributed by atoms with Crippen LogP contribution in [-0.4, -0.2) is 29.3 Å². The smallest absolute Gasteiger partial charge is 0.282 e. The number of nitrogens with one attached hydrogen (secondary N) is 1. The van der Waals surface area contributed by atoms with Crippen LogP contribution in [-0.2, 0) is 0 Å². The summed E-state index contributed by atoms with van der Waals surface area (Å²) < 4.78 is 17.1. The Morgan fingerprint density at radius 1 is 1.09 bits per heavy atom. The van der Waals surface area contributed by atoms with Gasteiger partial charge in [-0.25, -0.2) is 18.9 Å². The number of nitrogen functional groups attached to an aromatic ring is 1. The molecule has 4 N–H and O–H groups in total. The van der Waals surface area contributed by atoms with Gasteiger partial charge in [-0.2, -0.15) is 5.10 Å². The number of benzene rings is 2. The molecule has 3 heterocycles. The number of halogens is 1. The molecule has 5 aromatic rings. The summed E-state index contributed by atoms with van der Waals surface area (Å²) in [7, 11) is 0. The highest BCUT2D eigenvalue weighted by Gasteiger charge is 2.21. The number of hydrogen-bond donors (Lipinski definition) is 3. The third-order valence-corrected chi connectivity index (χ3v) is 5.46. The number of para-hydroxylation sites is 1. The van der Waals surface area contributed by atoms with Crippen molar-refractivity contribution < 1.29 is 9.50 Å². The first-order valence-electron chi connectivity index (χ1n) is 10.5. The molecule has 5 rings (SSSR count). The first kappa shape index (κ1) is 21.1. The van der Waals surface area contributed by atoms with Gasteiger partial charge < -0.3 is 16.2 Å². The summed E-state index contributed by atoms with van der Waals surface area (Å²) in [5.74, 6) is -0.383. The minimum atomic E-state index is -0.794. The average molecular weight is 457 g/mol. The van der Waals surface area contributed by atoms with Gasteiger partial charge in [0, 0.05) is 6.20 Å². The van der Waals surface area contributed by atoms with Crippen LogP contribution < -0.4 is 16.6 Å². The lowest BCUT2D eigenvalue weighted by molar-refractivity contribution is 0.432. The van der Waals surface area contributed by atoms with E-state index < -0.39 is 17.6 Å². The fourth-order valence-corrected chi connectivity index (χ4v) is 3.83. The maximum Gasteiger partial charge on any atom is 0.282 e. The zero-order valence-electron chi connectivity index (χ0n) is 18.1. The zero-order chi connectivity index (χ0) is 23.8. The molecule has 10 heteroatoms. The molecule has 0 spiro atoms. The lowest BCUT2D eigenvalue weighted by Gasteiger charge is -2.21. The predicted octanol–water partition coefficient (Wildman–Crippen LogP) is 3.54. The Kier molecular flexibility index (Phi) is 5.17. The Morgan fingerprint density at radius 2 is 1.88 bits per heavy atom. The molecule has 34 heavy (non-hydrogen) atoms. The van der Waals surface area contributed by atoms with E-state index in [1.165, 1.54) is 27.5 Å². The Hall–Kier alpha value is -4.73. The van der Waals surface area contributed by atoms with E-state index >= 15 is 0 Å². The van der Waals surface area contributed by atoms with Crippen molar-refractivity contribution in [1.29, 1.82) is 0 Å². The highest BCUT2D eigenvalue weighted by atomic mass is 19.1. The van der Waals surface area contributed by atoms with Crippen molar-refractivity contribution in [1.82, 2.24) is 24.1 Å². The van der Waals surface area contributed by atoms with Crippen LogP contribution in [0.4, 0.5) is 16.0 Å². The van der Waals surface area contributed by atoms with Crippen LogP contribution in [0, 0.1) is 5.82 Å². The molecule has 0 aliphatic rings. The number of rotatable bonds is 5. The molecular weight excluding hydrogens is 437 g/mol. The number of fused-ring (bicyclic) bond motifs is 1. The number of phenolic OH excluding ortho intramolecular Hbond substituents is 1. The molecule has 0 radical (unpaired) electrons. The van der Waals surface area contributed by atoms with Crippen LogP contribution in [0.5, 0.6) is 5.75 Å². The molecule has 0 aliphatic carbocycles. The number of nitrogens with zero attached hydrogens (tertiary/aromatic N) is 5. The van der Waals surface area contributed by atoms with Crippen molar-refractivity contribution >= 4 is 17.2 Å². The summed E-state index contributed by atoms with van der Waals surface area (Å²) in [5, 5.41) is 17.5. The zero-order valence-corrected chi connectivity index (χ0v) is 18.1. The van der Waals surface area contributed by atoms with E-state index in [4.69, 9.17) is 5.73 Å². The van der Waals surface area contributed by atoms with Crippen molar-refractivity contribution in [2.45, 2.75) is 13.0 Å². The van der Waals surface area contributed by atoms with Crippen molar-refractivity contribution in [2.75, 3.05) is 11.1 Å².